The first-order valence-corrected chi connectivity index (χ1v) is 7.27. The van der Waals surface area contributed by atoms with E-state index in [1.165, 1.54) is 15.2 Å². The molecule has 1 aromatic heterocycles. The van der Waals surface area contributed by atoms with Gasteiger partial charge in [0.25, 0.3) is 5.56 Å². The average molecular weight is 307 g/mol. The normalized spacial score (nSPS) is 10.5. The Kier molecular flexibility index (Phi) is 3.85. The fourth-order valence-corrected chi connectivity index (χ4v) is 2.50. The molecule has 0 atom stereocenters. The molecule has 2 aromatic carbocycles. The van der Waals surface area contributed by atoms with Crippen LogP contribution >= 0.6 is 0 Å². The predicted octanol–water partition coefficient (Wildman–Crippen LogP) is 2.05. The number of para-hydroxylation sites is 2. The molecule has 3 rings (SSSR count). The lowest BCUT2D eigenvalue weighted by atomic mass is 10.3. The zero-order valence-corrected chi connectivity index (χ0v) is 13.0. The third-order valence-electron chi connectivity index (χ3n) is 3.57. The van der Waals surface area contributed by atoms with Gasteiger partial charge in [-0.15, -0.1) is 0 Å². The number of benzene rings is 2. The van der Waals surface area contributed by atoms with Gasteiger partial charge in [0, 0.05) is 20.2 Å². The van der Waals surface area contributed by atoms with Gasteiger partial charge in [-0.25, -0.2) is 13.9 Å². The summed E-state index contributed by atoms with van der Waals surface area (Å²) in [6.45, 7) is 0. The van der Waals surface area contributed by atoms with E-state index in [0.29, 0.717) is 17.2 Å². The van der Waals surface area contributed by atoms with Crippen molar-refractivity contribution in [1.82, 2.24) is 9.13 Å². The first kappa shape index (κ1) is 14.8. The Morgan fingerprint density at radius 2 is 1.22 bits per heavy atom. The summed E-state index contributed by atoms with van der Waals surface area (Å²) in [6, 6.07) is 19.7. The van der Waals surface area contributed by atoms with Crippen molar-refractivity contribution in [2.24, 2.45) is 0 Å². The lowest BCUT2D eigenvalue weighted by molar-refractivity contribution is 0.788. The van der Waals surface area contributed by atoms with E-state index < -0.39 is 5.69 Å². The Labute approximate surface area is 133 Å². The maximum absolute atomic E-state index is 13.0. The van der Waals surface area contributed by atoms with Crippen LogP contribution < -0.4 is 16.1 Å². The monoisotopic (exact) mass is 307 g/mol. The summed E-state index contributed by atoms with van der Waals surface area (Å²) in [5.74, 6) is 0.540. The van der Waals surface area contributed by atoms with Crippen molar-refractivity contribution in [3.05, 3.63) is 87.6 Å². The van der Waals surface area contributed by atoms with Gasteiger partial charge in [-0.05, 0) is 24.3 Å². The molecule has 0 unspecified atom stereocenters. The van der Waals surface area contributed by atoms with Crippen molar-refractivity contribution in [3.8, 4) is 11.4 Å². The second kappa shape index (κ2) is 5.96. The van der Waals surface area contributed by atoms with Crippen LogP contribution in [0.3, 0.4) is 0 Å². The maximum Gasteiger partial charge on any atom is 0.341 e. The van der Waals surface area contributed by atoms with Gasteiger partial charge in [0.1, 0.15) is 5.82 Å². The highest BCUT2D eigenvalue weighted by molar-refractivity contribution is 5.47. The molecule has 0 saturated carbocycles. The van der Waals surface area contributed by atoms with E-state index in [0.717, 1.165) is 0 Å². The zero-order chi connectivity index (χ0) is 16.4. The molecule has 0 spiro atoms. The Bertz CT molecular complexity index is 926. The van der Waals surface area contributed by atoms with E-state index in [4.69, 9.17) is 0 Å². The van der Waals surface area contributed by atoms with Gasteiger partial charge >= 0.3 is 5.69 Å². The summed E-state index contributed by atoms with van der Waals surface area (Å²) in [6.07, 6.45) is 0. The Morgan fingerprint density at radius 1 is 0.739 bits per heavy atom. The van der Waals surface area contributed by atoms with Crippen LogP contribution in [0.15, 0.2) is 76.3 Å². The Hall–Kier alpha value is -3.08. The molecule has 0 amide bonds. The highest BCUT2D eigenvalue weighted by atomic mass is 16.2. The molecular weight excluding hydrogens is 290 g/mol. The summed E-state index contributed by atoms with van der Waals surface area (Å²) >= 11 is 0. The van der Waals surface area contributed by atoms with Crippen molar-refractivity contribution in [2.75, 3.05) is 19.0 Å². The first-order chi connectivity index (χ1) is 11.1. The van der Waals surface area contributed by atoms with Crippen LogP contribution in [0.1, 0.15) is 0 Å². The highest BCUT2D eigenvalue weighted by Gasteiger charge is 2.15. The molecule has 0 radical (unpaired) electrons. The number of aromatic nitrogens is 2. The van der Waals surface area contributed by atoms with Gasteiger partial charge in [0.15, 0.2) is 0 Å². The lowest BCUT2D eigenvalue weighted by Crippen LogP contribution is -2.40. The third-order valence-corrected chi connectivity index (χ3v) is 3.57. The average Bonchev–Trinajstić information content (AvgIpc) is 2.56. The maximum atomic E-state index is 13.0. The van der Waals surface area contributed by atoms with E-state index >= 15 is 0 Å². The minimum Gasteiger partial charge on any atom is -0.364 e. The zero-order valence-electron chi connectivity index (χ0n) is 13.0. The Balaban J connectivity index is 2.38. The van der Waals surface area contributed by atoms with Gasteiger partial charge in [0.05, 0.1) is 11.4 Å². The van der Waals surface area contributed by atoms with Gasteiger partial charge in [-0.2, -0.15) is 0 Å². The fraction of sp³-hybridized carbons (Fsp3) is 0.111. The molecule has 23 heavy (non-hydrogen) atoms. The molecule has 1 heterocycles. The molecule has 116 valence electrons. The van der Waals surface area contributed by atoms with Crippen LogP contribution in [0.4, 0.5) is 5.82 Å². The SMILES string of the molecule is CN(C)c1cc(=O)n(-c2ccccc2)c(=O)n1-c1ccccc1. The van der Waals surface area contributed by atoms with E-state index in [1.54, 1.807) is 43.3 Å². The molecule has 0 aliphatic carbocycles. The quantitative estimate of drug-likeness (QED) is 0.744. The second-order valence-corrected chi connectivity index (χ2v) is 5.36. The summed E-state index contributed by atoms with van der Waals surface area (Å²) in [7, 11) is 3.61. The second-order valence-electron chi connectivity index (χ2n) is 5.36. The van der Waals surface area contributed by atoms with Gasteiger partial charge < -0.3 is 4.90 Å². The molecule has 0 bridgehead atoms. The highest BCUT2D eigenvalue weighted by Crippen LogP contribution is 2.14. The molecule has 0 aliphatic heterocycles. The van der Waals surface area contributed by atoms with Crippen LogP contribution in [0, 0.1) is 0 Å². The largest absolute Gasteiger partial charge is 0.364 e. The molecule has 5 heteroatoms. The predicted molar refractivity (Wildman–Crippen MR) is 92.0 cm³/mol. The molecule has 0 N–H and O–H groups in total. The van der Waals surface area contributed by atoms with Crippen LogP contribution in [-0.2, 0) is 0 Å². The van der Waals surface area contributed by atoms with Gasteiger partial charge in [-0.1, -0.05) is 36.4 Å². The van der Waals surface area contributed by atoms with Gasteiger partial charge in [-0.3, -0.25) is 4.79 Å². The number of rotatable bonds is 3. The third kappa shape index (κ3) is 2.68. The van der Waals surface area contributed by atoms with Crippen LogP contribution in [0.2, 0.25) is 0 Å². The molecule has 0 aliphatic rings. The Morgan fingerprint density at radius 3 is 1.70 bits per heavy atom. The van der Waals surface area contributed by atoms with Crippen molar-refractivity contribution in [3.63, 3.8) is 0 Å². The van der Waals surface area contributed by atoms with Crippen LogP contribution in [0.5, 0.6) is 0 Å². The van der Waals surface area contributed by atoms with E-state index in [9.17, 15) is 9.59 Å². The number of nitrogens with zero attached hydrogens (tertiary/aromatic N) is 3. The topological polar surface area (TPSA) is 47.2 Å². The van der Waals surface area contributed by atoms with Crippen molar-refractivity contribution in [2.45, 2.75) is 0 Å². The standard InChI is InChI=1S/C18H17N3O2/c1-19(2)16-13-17(22)21(15-11-7-4-8-12-15)18(23)20(16)14-9-5-3-6-10-14/h3-13H,1-2H3. The molecule has 0 saturated heterocycles. The summed E-state index contributed by atoms with van der Waals surface area (Å²) < 4.78 is 2.72. The lowest BCUT2D eigenvalue weighted by Gasteiger charge is -2.20. The summed E-state index contributed by atoms with van der Waals surface area (Å²) in [5.41, 5.74) is 0.527. The van der Waals surface area contributed by atoms with Gasteiger partial charge in [0.2, 0.25) is 0 Å². The smallest absolute Gasteiger partial charge is 0.341 e. The first-order valence-electron chi connectivity index (χ1n) is 7.27. The minimum absolute atomic E-state index is 0.350. The number of hydrogen-bond acceptors (Lipinski definition) is 3. The summed E-state index contributed by atoms with van der Waals surface area (Å²) in [5, 5.41) is 0. The minimum atomic E-state index is -0.390. The van der Waals surface area contributed by atoms with E-state index in [2.05, 4.69) is 0 Å². The molecule has 0 fully saturated rings. The van der Waals surface area contributed by atoms with Crippen LogP contribution in [0.25, 0.3) is 11.4 Å². The van der Waals surface area contributed by atoms with Crippen molar-refractivity contribution < 1.29 is 0 Å². The molecule has 3 aromatic rings. The summed E-state index contributed by atoms with van der Waals surface area (Å²) in [4.78, 5) is 27.2. The van der Waals surface area contributed by atoms with Crippen molar-refractivity contribution >= 4 is 5.82 Å². The van der Waals surface area contributed by atoms with E-state index in [1.807, 2.05) is 36.4 Å². The van der Waals surface area contributed by atoms with Crippen molar-refractivity contribution in [1.29, 1.82) is 0 Å². The van der Waals surface area contributed by atoms with E-state index in [-0.39, 0.29) is 5.56 Å². The van der Waals surface area contributed by atoms with Crippen LogP contribution in [-0.4, -0.2) is 23.2 Å². The molecular formula is C18H17N3O2. The molecule has 5 nitrogen and oxygen atoms in total. The number of hydrogen-bond donors (Lipinski definition) is 0. The number of anilines is 1. The fourth-order valence-electron chi connectivity index (χ4n) is 2.50.